The Morgan fingerprint density at radius 2 is 1.54 bits per heavy atom. The Bertz CT molecular complexity index is 719. The zero-order valence-corrected chi connectivity index (χ0v) is 13.5. The first-order valence-electron chi connectivity index (χ1n) is 8.00. The molecule has 0 aromatic heterocycles. The van der Waals surface area contributed by atoms with E-state index in [1.54, 1.807) is 24.3 Å². The summed E-state index contributed by atoms with van der Waals surface area (Å²) in [5, 5.41) is 5.62. The van der Waals surface area contributed by atoms with Crippen LogP contribution < -0.4 is 15.4 Å². The van der Waals surface area contributed by atoms with Gasteiger partial charge in [-0.25, -0.2) is 0 Å². The van der Waals surface area contributed by atoms with Crippen LogP contribution in [-0.4, -0.2) is 18.4 Å². The van der Waals surface area contributed by atoms with Crippen molar-refractivity contribution in [1.29, 1.82) is 0 Å². The van der Waals surface area contributed by atoms with Crippen LogP contribution in [0.25, 0.3) is 0 Å². The normalized spacial score (nSPS) is 13.2. The third-order valence-corrected chi connectivity index (χ3v) is 3.78. The molecule has 5 nitrogen and oxygen atoms in total. The van der Waals surface area contributed by atoms with Crippen LogP contribution in [-0.2, 0) is 9.59 Å². The minimum absolute atomic E-state index is 0.0524. The van der Waals surface area contributed by atoms with Gasteiger partial charge in [-0.1, -0.05) is 17.7 Å². The van der Waals surface area contributed by atoms with E-state index in [1.807, 2.05) is 31.2 Å². The molecule has 1 saturated carbocycles. The fraction of sp³-hybridized carbons (Fsp3) is 0.263. The highest BCUT2D eigenvalue weighted by atomic mass is 16.5. The number of hydrogen-bond donors (Lipinski definition) is 2. The van der Waals surface area contributed by atoms with Gasteiger partial charge in [0.05, 0.1) is 0 Å². The topological polar surface area (TPSA) is 67.4 Å². The number of carbonyl (C=O) groups excluding carboxylic acids is 2. The van der Waals surface area contributed by atoms with Gasteiger partial charge in [0.2, 0.25) is 5.91 Å². The summed E-state index contributed by atoms with van der Waals surface area (Å²) in [7, 11) is 0. The van der Waals surface area contributed by atoms with Crippen LogP contribution >= 0.6 is 0 Å². The summed E-state index contributed by atoms with van der Waals surface area (Å²) in [6.45, 7) is 1.94. The molecule has 0 unspecified atom stereocenters. The number of rotatable bonds is 6. The Balaban J connectivity index is 1.47. The van der Waals surface area contributed by atoms with Crippen LogP contribution in [0.3, 0.4) is 0 Å². The maximum atomic E-state index is 11.9. The van der Waals surface area contributed by atoms with Crippen molar-refractivity contribution in [2.45, 2.75) is 19.8 Å². The van der Waals surface area contributed by atoms with Crippen LogP contribution in [0.4, 0.5) is 11.4 Å². The van der Waals surface area contributed by atoms with Crippen LogP contribution in [0.1, 0.15) is 18.4 Å². The third-order valence-electron chi connectivity index (χ3n) is 3.78. The van der Waals surface area contributed by atoms with Crippen molar-refractivity contribution in [3.63, 3.8) is 0 Å². The second-order valence-corrected chi connectivity index (χ2v) is 5.99. The number of anilines is 2. The summed E-state index contributed by atoms with van der Waals surface area (Å²) in [6, 6.07) is 14.6. The molecule has 2 N–H and O–H groups in total. The van der Waals surface area contributed by atoms with E-state index in [4.69, 9.17) is 4.74 Å². The van der Waals surface area contributed by atoms with E-state index in [9.17, 15) is 9.59 Å². The zero-order chi connectivity index (χ0) is 16.9. The lowest BCUT2D eigenvalue weighted by Gasteiger charge is -2.09. The van der Waals surface area contributed by atoms with Gasteiger partial charge in [0.1, 0.15) is 5.75 Å². The van der Waals surface area contributed by atoms with Gasteiger partial charge in [0, 0.05) is 17.3 Å². The second kappa shape index (κ2) is 7.17. The quantitative estimate of drug-likeness (QED) is 0.856. The molecular weight excluding hydrogens is 304 g/mol. The van der Waals surface area contributed by atoms with Crippen molar-refractivity contribution in [3.8, 4) is 5.75 Å². The fourth-order valence-electron chi connectivity index (χ4n) is 2.21. The molecule has 1 aliphatic rings. The van der Waals surface area contributed by atoms with Crippen molar-refractivity contribution in [2.24, 2.45) is 5.92 Å². The predicted octanol–water partition coefficient (Wildman–Crippen LogP) is 3.36. The van der Waals surface area contributed by atoms with Gasteiger partial charge < -0.3 is 15.4 Å². The van der Waals surface area contributed by atoms with Gasteiger partial charge in [-0.2, -0.15) is 0 Å². The average molecular weight is 324 g/mol. The highest BCUT2D eigenvalue weighted by molar-refractivity contribution is 5.95. The van der Waals surface area contributed by atoms with Crippen LogP contribution in [0.2, 0.25) is 0 Å². The van der Waals surface area contributed by atoms with Gasteiger partial charge in [0.15, 0.2) is 6.61 Å². The highest BCUT2D eigenvalue weighted by Gasteiger charge is 2.29. The Kier molecular flexibility index (Phi) is 4.79. The number of amides is 2. The van der Waals surface area contributed by atoms with E-state index in [0.29, 0.717) is 11.4 Å². The highest BCUT2D eigenvalue weighted by Crippen LogP contribution is 2.30. The van der Waals surface area contributed by atoms with Gasteiger partial charge >= 0.3 is 0 Å². The summed E-state index contributed by atoms with van der Waals surface area (Å²) in [4.78, 5) is 23.6. The molecule has 1 fully saturated rings. The Morgan fingerprint density at radius 3 is 2.12 bits per heavy atom. The zero-order valence-electron chi connectivity index (χ0n) is 13.5. The summed E-state index contributed by atoms with van der Waals surface area (Å²) < 4.78 is 5.44. The first kappa shape index (κ1) is 16.1. The summed E-state index contributed by atoms with van der Waals surface area (Å²) in [5.74, 6) is 0.667. The van der Waals surface area contributed by atoms with E-state index < -0.39 is 0 Å². The van der Waals surface area contributed by atoms with E-state index in [2.05, 4.69) is 10.6 Å². The fourth-order valence-corrected chi connectivity index (χ4v) is 2.21. The number of ether oxygens (including phenoxy) is 1. The predicted molar refractivity (Wildman–Crippen MR) is 93.1 cm³/mol. The molecule has 0 heterocycles. The molecule has 2 aromatic carbocycles. The van der Waals surface area contributed by atoms with Crippen molar-refractivity contribution >= 4 is 23.2 Å². The average Bonchev–Trinajstić information content (AvgIpc) is 3.41. The molecule has 5 heteroatoms. The molecule has 2 amide bonds. The Labute approximate surface area is 141 Å². The molecule has 0 spiro atoms. The minimum atomic E-state index is -0.231. The lowest BCUT2D eigenvalue weighted by Crippen LogP contribution is -2.20. The Morgan fingerprint density at radius 1 is 0.958 bits per heavy atom. The van der Waals surface area contributed by atoms with Crippen molar-refractivity contribution in [1.82, 2.24) is 0 Å². The Hall–Kier alpha value is -2.82. The SMILES string of the molecule is Cc1ccc(OCC(=O)Nc2ccc(NC(=O)C3CC3)cc2)cc1. The number of nitrogens with one attached hydrogen (secondary N) is 2. The largest absolute Gasteiger partial charge is 0.484 e. The number of carbonyl (C=O) groups is 2. The van der Waals surface area contributed by atoms with Crippen LogP contribution in [0.5, 0.6) is 5.75 Å². The van der Waals surface area contributed by atoms with E-state index in [1.165, 1.54) is 0 Å². The van der Waals surface area contributed by atoms with E-state index in [0.717, 1.165) is 24.1 Å². The molecule has 2 aromatic rings. The molecule has 1 aliphatic carbocycles. The molecule has 124 valence electrons. The first-order chi connectivity index (χ1) is 11.6. The summed E-state index contributed by atoms with van der Waals surface area (Å²) >= 11 is 0. The second-order valence-electron chi connectivity index (χ2n) is 5.99. The third kappa shape index (κ3) is 4.59. The molecule has 24 heavy (non-hydrogen) atoms. The number of benzene rings is 2. The molecule has 0 aliphatic heterocycles. The maximum absolute atomic E-state index is 11.9. The van der Waals surface area contributed by atoms with Gasteiger partial charge in [-0.3, -0.25) is 9.59 Å². The van der Waals surface area contributed by atoms with Crippen molar-refractivity contribution in [2.75, 3.05) is 17.2 Å². The molecule has 0 saturated heterocycles. The smallest absolute Gasteiger partial charge is 0.262 e. The standard InChI is InChI=1S/C19H20N2O3/c1-13-2-10-17(11-3-13)24-12-18(22)20-15-6-8-16(9-7-15)21-19(23)14-4-5-14/h2-3,6-11,14H,4-5,12H2,1H3,(H,20,22)(H,21,23). The van der Waals surface area contributed by atoms with Crippen molar-refractivity contribution < 1.29 is 14.3 Å². The monoisotopic (exact) mass is 324 g/mol. The molecule has 0 bridgehead atoms. The van der Waals surface area contributed by atoms with E-state index >= 15 is 0 Å². The lowest BCUT2D eigenvalue weighted by molar-refractivity contribution is -0.118. The molecule has 0 atom stereocenters. The minimum Gasteiger partial charge on any atom is -0.484 e. The summed E-state index contributed by atoms with van der Waals surface area (Å²) in [5.41, 5.74) is 2.54. The first-order valence-corrected chi connectivity index (χ1v) is 8.00. The van der Waals surface area contributed by atoms with Gasteiger partial charge in [-0.05, 0) is 56.2 Å². The molecule has 0 radical (unpaired) electrons. The molecule has 3 rings (SSSR count). The molecular formula is C19H20N2O3. The van der Waals surface area contributed by atoms with Crippen molar-refractivity contribution in [3.05, 3.63) is 54.1 Å². The van der Waals surface area contributed by atoms with Gasteiger partial charge in [0.25, 0.3) is 5.91 Å². The lowest BCUT2D eigenvalue weighted by atomic mass is 10.2. The summed E-state index contributed by atoms with van der Waals surface area (Å²) in [6.07, 6.45) is 1.95. The number of aryl methyl sites for hydroxylation is 1. The number of hydrogen-bond acceptors (Lipinski definition) is 3. The maximum Gasteiger partial charge on any atom is 0.262 e. The van der Waals surface area contributed by atoms with Gasteiger partial charge in [-0.15, -0.1) is 0 Å². The van der Waals surface area contributed by atoms with Crippen LogP contribution in [0.15, 0.2) is 48.5 Å². The van der Waals surface area contributed by atoms with Crippen LogP contribution in [0, 0.1) is 12.8 Å². The van der Waals surface area contributed by atoms with E-state index in [-0.39, 0.29) is 24.3 Å².